The van der Waals surface area contributed by atoms with Gasteiger partial charge in [0, 0.05) is 22.3 Å². The van der Waals surface area contributed by atoms with Crippen LogP contribution in [0, 0.1) is 140 Å². The monoisotopic (exact) mass is 1180 g/mol. The maximum atomic E-state index is 16.6. The molecule has 0 saturated carbocycles. The van der Waals surface area contributed by atoms with E-state index in [0.29, 0.717) is 0 Å². The number of hydrogen-bond donors (Lipinski definition) is 0. The Morgan fingerprint density at radius 3 is 0.442 bits per heavy atom. The van der Waals surface area contributed by atoms with Gasteiger partial charge in [-0.2, -0.15) is 0 Å². The minimum atomic E-state index is -3.34. The third-order valence-corrected chi connectivity index (χ3v) is 11.1. The standard InChI is InChI=1S/C44F28N4.Zn/c45-9-1(10(46)18(54)25(61)17(9)53)5-37-29(65)31(67)39(73-37)6(2-11(47)19(55)26(62)20(56)12(2)48)41-33(69)35(71)43(75-41)8(4-15(51)23(59)28(64)24(60)16(4)52)44-36(72)34(70)42(76-44)7(40-32(68)30(66)38(5)74-40)3-13(49)21(57)27(63)22(58)14(3)50;/q-2;+2. The van der Waals surface area contributed by atoms with Crippen LogP contribution >= 0.6 is 0 Å². The van der Waals surface area contributed by atoms with E-state index < -0.39 is 252 Å². The van der Waals surface area contributed by atoms with Crippen LogP contribution in [0.1, 0.15) is 22.8 Å². The molecule has 2 aliphatic heterocycles. The predicted octanol–water partition coefficient (Wildman–Crippen LogP) is 15.1. The van der Waals surface area contributed by atoms with Crippen molar-refractivity contribution >= 4 is 45.4 Å². The first-order valence-corrected chi connectivity index (χ1v) is 19.1. The quantitative estimate of drug-likeness (QED) is 0.0763. The summed E-state index contributed by atoms with van der Waals surface area (Å²) in [5, 5.41) is 0. The molecule has 9 rings (SSSR count). The minimum Gasteiger partial charge on any atom is -0.652 e. The first-order chi connectivity index (χ1) is 35.4. The van der Waals surface area contributed by atoms with Gasteiger partial charge < -0.3 is 9.97 Å². The molecule has 394 valence electrons. The molecule has 0 aliphatic carbocycles. The van der Waals surface area contributed by atoms with Crippen molar-refractivity contribution in [3.8, 4) is 44.5 Å². The molecule has 0 atom stereocenters. The fraction of sp³-hybridized carbons (Fsp3) is 0. The molecule has 0 fully saturated rings. The van der Waals surface area contributed by atoms with Gasteiger partial charge >= 0.3 is 19.5 Å². The van der Waals surface area contributed by atoms with Crippen LogP contribution in [-0.2, 0) is 19.5 Å². The molecular formula is C44F28N4Zn. The van der Waals surface area contributed by atoms with Gasteiger partial charge in [-0.05, 0) is 0 Å². The molecule has 2 aliphatic rings. The van der Waals surface area contributed by atoms with Crippen LogP contribution in [-0.4, -0.2) is 9.97 Å². The molecule has 77 heavy (non-hydrogen) atoms. The molecule has 0 radical (unpaired) electrons. The van der Waals surface area contributed by atoms with Crippen LogP contribution < -0.4 is 9.97 Å². The summed E-state index contributed by atoms with van der Waals surface area (Å²) >= 11 is 0. The number of fused-ring (bicyclic) bond motifs is 8. The zero-order chi connectivity index (χ0) is 56.2. The molecule has 3 aromatic heterocycles. The van der Waals surface area contributed by atoms with Crippen LogP contribution in [0.25, 0.3) is 89.9 Å². The van der Waals surface area contributed by atoms with Crippen LogP contribution in [0.4, 0.5) is 123 Å². The number of benzene rings is 4. The fourth-order valence-corrected chi connectivity index (χ4v) is 7.69. The van der Waals surface area contributed by atoms with Gasteiger partial charge in [-0.1, -0.05) is 22.1 Å². The van der Waals surface area contributed by atoms with Crippen LogP contribution in [0.3, 0.4) is 0 Å². The van der Waals surface area contributed by atoms with Crippen molar-refractivity contribution in [1.29, 1.82) is 0 Å². The molecular weight excluding hydrogens is 1180 g/mol. The molecule has 7 aromatic rings. The molecule has 0 amide bonds. The Labute approximate surface area is 414 Å². The summed E-state index contributed by atoms with van der Waals surface area (Å²) in [6, 6.07) is 0. The fourth-order valence-electron chi connectivity index (χ4n) is 7.69. The maximum Gasteiger partial charge on any atom is 2.00 e. The van der Waals surface area contributed by atoms with E-state index in [1.54, 1.807) is 0 Å². The van der Waals surface area contributed by atoms with Gasteiger partial charge in [0.2, 0.25) is 23.3 Å². The van der Waals surface area contributed by atoms with Gasteiger partial charge in [0.1, 0.15) is 46.0 Å². The average Bonchev–Trinajstić information content (AvgIpc) is 4.06. The van der Waals surface area contributed by atoms with Crippen molar-refractivity contribution in [3.05, 3.63) is 162 Å². The Bertz CT molecular complexity index is 3530. The van der Waals surface area contributed by atoms with Gasteiger partial charge in [0.15, 0.2) is 116 Å². The molecule has 4 aromatic carbocycles. The second-order valence-corrected chi connectivity index (χ2v) is 15.0. The predicted molar refractivity (Wildman–Crippen MR) is 198 cm³/mol. The summed E-state index contributed by atoms with van der Waals surface area (Å²) in [5.41, 5.74) is -45.6. The van der Waals surface area contributed by atoms with Gasteiger partial charge in [0.25, 0.3) is 0 Å². The third kappa shape index (κ3) is 7.44. The molecule has 0 N–H and O–H groups in total. The number of rotatable bonds is 4. The summed E-state index contributed by atoms with van der Waals surface area (Å²) in [4.78, 5) is 11.3. The van der Waals surface area contributed by atoms with E-state index in [1.807, 2.05) is 0 Å². The summed E-state index contributed by atoms with van der Waals surface area (Å²) < 4.78 is 436. The Morgan fingerprint density at radius 1 is 0.169 bits per heavy atom. The average molecular weight is 1180 g/mol. The molecule has 0 unspecified atom stereocenters. The Morgan fingerprint density at radius 2 is 0.299 bits per heavy atom. The van der Waals surface area contributed by atoms with Crippen LogP contribution in [0.15, 0.2) is 0 Å². The number of hydrogen-bond acceptors (Lipinski definition) is 2. The maximum absolute atomic E-state index is 16.6. The van der Waals surface area contributed by atoms with E-state index in [-0.39, 0.29) is 19.5 Å². The summed E-state index contributed by atoms with van der Waals surface area (Å²) in [6.07, 6.45) is 0. The Kier molecular flexibility index (Phi) is 13.5. The molecule has 0 saturated heterocycles. The minimum absolute atomic E-state index is 0. The van der Waals surface area contributed by atoms with Crippen molar-refractivity contribution in [2.24, 2.45) is 0 Å². The topological polar surface area (TPSA) is 54.0 Å². The number of halogens is 28. The van der Waals surface area contributed by atoms with E-state index in [0.717, 1.165) is 0 Å². The van der Waals surface area contributed by atoms with Crippen molar-refractivity contribution in [3.63, 3.8) is 0 Å². The van der Waals surface area contributed by atoms with E-state index in [1.165, 1.54) is 0 Å². The third-order valence-electron chi connectivity index (χ3n) is 11.1. The molecule has 4 nitrogen and oxygen atoms in total. The number of nitrogens with zero attached hydrogens (tertiary/aromatic N) is 4. The first kappa shape index (κ1) is 55.4. The van der Waals surface area contributed by atoms with Crippen molar-refractivity contribution in [2.45, 2.75) is 0 Å². The van der Waals surface area contributed by atoms with Gasteiger partial charge in [-0.3, -0.25) is 0 Å². The van der Waals surface area contributed by atoms with Gasteiger partial charge in [-0.25, -0.2) is 133 Å². The van der Waals surface area contributed by atoms with E-state index in [2.05, 4.69) is 19.9 Å². The largest absolute Gasteiger partial charge is 2.00 e. The van der Waals surface area contributed by atoms with Crippen molar-refractivity contribution in [1.82, 2.24) is 19.9 Å². The first-order valence-electron chi connectivity index (χ1n) is 19.1. The smallest absolute Gasteiger partial charge is 0.652 e. The molecule has 8 bridgehead atoms. The summed E-state index contributed by atoms with van der Waals surface area (Å²) in [6.45, 7) is 0. The van der Waals surface area contributed by atoms with Gasteiger partial charge in [0.05, 0.1) is 22.3 Å². The zero-order valence-electron chi connectivity index (χ0n) is 35.1. The van der Waals surface area contributed by atoms with Crippen molar-refractivity contribution < 1.29 is 142 Å². The Hall–Kier alpha value is -7.86. The number of aromatic nitrogens is 4. The van der Waals surface area contributed by atoms with E-state index >= 15 is 70.2 Å². The summed E-state index contributed by atoms with van der Waals surface area (Å²) in [7, 11) is 0. The van der Waals surface area contributed by atoms with E-state index in [4.69, 9.17) is 0 Å². The molecule has 0 spiro atoms. The second-order valence-electron chi connectivity index (χ2n) is 15.0. The SMILES string of the molecule is FC1=C(F)c2nc1c(-c1c(F)c(F)c(F)c(F)c1F)c1[n-]c(c(F)c1F)c(-c1c(F)c(F)c(F)c(F)c1F)c1nc(c(-c3c(F)c(F)c(F)c(F)c3F)c3[n-]c(c(F)c3F)c2-c2c(F)c(F)c(F)c(F)c2F)C(F)=C1F.[Zn+2]. The van der Waals surface area contributed by atoms with Crippen molar-refractivity contribution in [2.75, 3.05) is 0 Å². The molecule has 33 heteroatoms. The second kappa shape index (κ2) is 18.7. The normalized spacial score (nSPS) is 12.7. The Balaban J connectivity index is 0.00000784. The summed E-state index contributed by atoms with van der Waals surface area (Å²) in [5.74, 6) is -92.3. The zero-order valence-corrected chi connectivity index (χ0v) is 38.0. The molecule has 5 heterocycles. The van der Waals surface area contributed by atoms with E-state index in [9.17, 15) is 52.7 Å². The van der Waals surface area contributed by atoms with Crippen LogP contribution in [0.2, 0.25) is 0 Å². The van der Waals surface area contributed by atoms with Gasteiger partial charge in [-0.15, -0.1) is 0 Å². The van der Waals surface area contributed by atoms with Crippen LogP contribution in [0.5, 0.6) is 0 Å².